The van der Waals surface area contributed by atoms with Crippen LogP contribution in [0.25, 0.3) is 0 Å². The molecule has 1 amide bonds. The quantitative estimate of drug-likeness (QED) is 0.384. The topological polar surface area (TPSA) is 145 Å². The maximum atomic E-state index is 12.3. The Morgan fingerprint density at radius 1 is 1.52 bits per heavy atom. The fourth-order valence-electron chi connectivity index (χ4n) is 2.66. The van der Waals surface area contributed by atoms with Crippen molar-refractivity contribution in [2.75, 3.05) is 6.54 Å². The molecule has 1 aliphatic rings. The molecule has 1 fully saturated rings. The molecule has 3 N–H and O–H groups in total. The van der Waals surface area contributed by atoms with Crippen molar-refractivity contribution in [1.82, 2.24) is 9.62 Å². The molecule has 25 heavy (non-hydrogen) atoms. The van der Waals surface area contributed by atoms with Crippen LogP contribution in [0, 0.1) is 10.1 Å². The number of nitrogens with two attached hydrogens (primary N) is 1. The van der Waals surface area contributed by atoms with E-state index in [1.165, 1.54) is 36.1 Å². The molecule has 0 radical (unpaired) electrons. The van der Waals surface area contributed by atoms with Gasteiger partial charge in [0.05, 0.1) is 4.92 Å². The molecule has 0 spiro atoms. The predicted octanol–water partition coefficient (Wildman–Crippen LogP) is 0.745. The third kappa shape index (κ3) is 5.04. The van der Waals surface area contributed by atoms with Gasteiger partial charge in [-0.25, -0.2) is 9.93 Å². The van der Waals surface area contributed by atoms with Crippen LogP contribution in [0.15, 0.2) is 24.3 Å². The van der Waals surface area contributed by atoms with Gasteiger partial charge in [-0.15, -0.1) is 0 Å². The smallest absolute Gasteiger partial charge is 0.411 e. The Hall–Kier alpha value is -1.89. The SMILES string of the molecule is C[C@]1(NS(N)(=O)=O)C[C@H](S)CN1C(=O)OCc1ccc([N+](=O)[O-])cc1. The van der Waals surface area contributed by atoms with E-state index < -0.39 is 26.9 Å². The number of carbonyl (C=O) groups is 1. The maximum absolute atomic E-state index is 12.3. The third-order valence-corrected chi connectivity index (χ3v) is 4.78. The van der Waals surface area contributed by atoms with Gasteiger partial charge in [-0.05, 0) is 31.0 Å². The zero-order valence-electron chi connectivity index (χ0n) is 13.3. The van der Waals surface area contributed by atoms with Crippen LogP contribution in [0.1, 0.15) is 18.9 Å². The molecule has 2 atom stereocenters. The number of hydrogen-bond acceptors (Lipinski definition) is 7. The van der Waals surface area contributed by atoms with Gasteiger partial charge in [-0.3, -0.25) is 15.0 Å². The third-order valence-electron chi connectivity index (χ3n) is 3.71. The van der Waals surface area contributed by atoms with Crippen molar-refractivity contribution in [3.05, 3.63) is 39.9 Å². The van der Waals surface area contributed by atoms with E-state index in [-0.39, 0.29) is 30.5 Å². The van der Waals surface area contributed by atoms with Crippen molar-refractivity contribution in [2.45, 2.75) is 30.9 Å². The summed E-state index contributed by atoms with van der Waals surface area (Å²) in [5.41, 5.74) is -0.758. The Labute approximate surface area is 150 Å². The molecule has 12 heteroatoms. The summed E-state index contributed by atoms with van der Waals surface area (Å²) < 4.78 is 30.1. The van der Waals surface area contributed by atoms with Crippen LogP contribution in [0.3, 0.4) is 0 Å². The molecular weight excluding hydrogens is 372 g/mol. The second-order valence-electron chi connectivity index (χ2n) is 5.87. The van der Waals surface area contributed by atoms with Crippen molar-refractivity contribution in [3.63, 3.8) is 0 Å². The van der Waals surface area contributed by atoms with Crippen molar-refractivity contribution >= 4 is 34.6 Å². The molecule has 0 bridgehead atoms. The summed E-state index contributed by atoms with van der Waals surface area (Å²) in [5.74, 6) is 0. The summed E-state index contributed by atoms with van der Waals surface area (Å²) in [4.78, 5) is 23.6. The molecule has 10 nitrogen and oxygen atoms in total. The van der Waals surface area contributed by atoms with Crippen LogP contribution in [0.4, 0.5) is 10.5 Å². The number of carbonyl (C=O) groups excluding carboxylic acids is 1. The highest BCUT2D eigenvalue weighted by molar-refractivity contribution is 7.87. The van der Waals surface area contributed by atoms with Gasteiger partial charge in [-0.2, -0.15) is 25.8 Å². The number of likely N-dealkylation sites (tertiary alicyclic amines) is 1. The van der Waals surface area contributed by atoms with Crippen LogP contribution in [-0.4, -0.2) is 41.8 Å². The molecule has 1 heterocycles. The zero-order valence-corrected chi connectivity index (χ0v) is 15.0. The van der Waals surface area contributed by atoms with Gasteiger partial charge in [0, 0.05) is 23.9 Å². The Morgan fingerprint density at radius 3 is 2.64 bits per heavy atom. The van der Waals surface area contributed by atoms with Gasteiger partial charge < -0.3 is 4.74 Å². The summed E-state index contributed by atoms with van der Waals surface area (Å²) >= 11 is 4.29. The standard InChI is InChI=1S/C13H18N4O6S2/c1-13(15-25(14,21)22)6-11(24)7-16(13)12(18)23-8-9-2-4-10(5-3-9)17(19)20/h2-5,11,15,24H,6-8H2,1H3,(H2,14,21,22)/t11-,13+/m0/s1. The fraction of sp³-hybridized carbons (Fsp3) is 0.462. The maximum Gasteiger partial charge on any atom is 0.411 e. The number of hydrogen-bond donors (Lipinski definition) is 3. The first kappa shape index (κ1) is 19.4. The van der Waals surface area contributed by atoms with E-state index in [2.05, 4.69) is 17.4 Å². The molecule has 0 aliphatic carbocycles. The molecule has 0 aromatic heterocycles. The second-order valence-corrected chi connectivity index (χ2v) is 7.89. The molecule has 0 unspecified atom stereocenters. The second kappa shape index (κ2) is 7.15. The van der Waals surface area contributed by atoms with Crippen molar-refractivity contribution in [2.24, 2.45) is 5.14 Å². The lowest BCUT2D eigenvalue weighted by atomic mass is 10.1. The number of nitrogens with one attached hydrogen (secondary N) is 1. The first-order valence-corrected chi connectivity index (χ1v) is 9.24. The average Bonchev–Trinajstić information content (AvgIpc) is 2.77. The minimum Gasteiger partial charge on any atom is -0.445 e. The molecule has 138 valence electrons. The lowest BCUT2D eigenvalue weighted by Gasteiger charge is -2.33. The van der Waals surface area contributed by atoms with E-state index in [1.54, 1.807) is 0 Å². The van der Waals surface area contributed by atoms with Gasteiger partial charge in [0.2, 0.25) is 0 Å². The van der Waals surface area contributed by atoms with Crippen molar-refractivity contribution < 1.29 is 22.9 Å². The Balaban J connectivity index is 2.04. The number of nitrogens with zero attached hydrogens (tertiary/aromatic N) is 2. The number of rotatable bonds is 5. The van der Waals surface area contributed by atoms with E-state index in [0.717, 1.165) is 0 Å². The summed E-state index contributed by atoms with van der Waals surface area (Å²) in [6, 6.07) is 5.54. The minimum absolute atomic E-state index is 0.0718. The fourth-order valence-corrected chi connectivity index (χ4v) is 3.99. The van der Waals surface area contributed by atoms with E-state index >= 15 is 0 Å². The molecule has 1 aromatic rings. The Morgan fingerprint density at radius 2 is 2.12 bits per heavy atom. The molecule has 1 aliphatic heterocycles. The van der Waals surface area contributed by atoms with E-state index in [4.69, 9.17) is 9.88 Å². The van der Waals surface area contributed by atoms with Crippen LogP contribution in [0.2, 0.25) is 0 Å². The number of nitro benzene ring substituents is 1. The van der Waals surface area contributed by atoms with E-state index in [1.807, 2.05) is 0 Å². The molecule has 1 aromatic carbocycles. The number of non-ortho nitro benzene ring substituents is 1. The van der Waals surface area contributed by atoms with Crippen LogP contribution >= 0.6 is 12.6 Å². The van der Waals surface area contributed by atoms with Crippen molar-refractivity contribution in [3.8, 4) is 0 Å². The van der Waals surface area contributed by atoms with Gasteiger partial charge >= 0.3 is 6.09 Å². The number of benzene rings is 1. The van der Waals surface area contributed by atoms with E-state index in [0.29, 0.717) is 5.56 Å². The lowest BCUT2D eigenvalue weighted by Crippen LogP contribution is -2.58. The average molecular weight is 390 g/mol. The van der Waals surface area contributed by atoms with Gasteiger partial charge in [0.15, 0.2) is 0 Å². The van der Waals surface area contributed by atoms with Gasteiger partial charge in [-0.1, -0.05) is 0 Å². The lowest BCUT2D eigenvalue weighted by molar-refractivity contribution is -0.384. The number of ether oxygens (including phenoxy) is 1. The monoisotopic (exact) mass is 390 g/mol. The first-order chi connectivity index (χ1) is 11.5. The van der Waals surface area contributed by atoms with Crippen LogP contribution < -0.4 is 9.86 Å². The molecular formula is C13H18N4O6S2. The predicted molar refractivity (Wildman–Crippen MR) is 92.0 cm³/mol. The van der Waals surface area contributed by atoms with E-state index in [9.17, 15) is 23.3 Å². The first-order valence-electron chi connectivity index (χ1n) is 7.18. The number of amides is 1. The largest absolute Gasteiger partial charge is 0.445 e. The Kier molecular flexibility index (Phi) is 5.56. The highest BCUT2D eigenvalue weighted by atomic mass is 32.2. The summed E-state index contributed by atoms with van der Waals surface area (Å²) in [6.07, 6.45) is -0.479. The molecule has 2 rings (SSSR count). The summed E-state index contributed by atoms with van der Waals surface area (Å²) in [5, 5.41) is 15.4. The summed E-state index contributed by atoms with van der Waals surface area (Å²) in [7, 11) is -4.03. The van der Waals surface area contributed by atoms with Crippen LogP contribution in [-0.2, 0) is 21.6 Å². The van der Waals surface area contributed by atoms with Crippen molar-refractivity contribution in [1.29, 1.82) is 0 Å². The normalized spacial score (nSPS) is 23.5. The number of nitro groups is 1. The molecule has 0 saturated carbocycles. The van der Waals surface area contributed by atoms with Crippen LogP contribution in [0.5, 0.6) is 0 Å². The zero-order chi connectivity index (χ0) is 18.8. The highest BCUT2D eigenvalue weighted by Crippen LogP contribution is 2.31. The number of thiol groups is 1. The van der Waals surface area contributed by atoms with Gasteiger partial charge in [0.25, 0.3) is 15.9 Å². The Bertz CT molecular complexity index is 769. The minimum atomic E-state index is -4.03. The molecule has 1 saturated heterocycles. The summed E-state index contributed by atoms with van der Waals surface area (Å²) in [6.45, 7) is 1.58. The highest BCUT2D eigenvalue weighted by Gasteiger charge is 2.46. The van der Waals surface area contributed by atoms with Gasteiger partial charge in [0.1, 0.15) is 12.3 Å².